The Morgan fingerprint density at radius 1 is 1.47 bits per heavy atom. The molecule has 0 spiro atoms. The highest BCUT2D eigenvalue weighted by Crippen LogP contribution is 2.15. The molecule has 0 unspecified atom stereocenters. The van der Waals surface area contributed by atoms with E-state index in [9.17, 15) is 9.18 Å². The van der Waals surface area contributed by atoms with Crippen molar-refractivity contribution >= 4 is 5.91 Å². The quantitative estimate of drug-likeness (QED) is 0.874. The molecule has 1 aliphatic rings. The summed E-state index contributed by atoms with van der Waals surface area (Å²) in [6.07, 6.45) is 2.12. The van der Waals surface area contributed by atoms with Gasteiger partial charge in [-0.25, -0.2) is 4.39 Å². The van der Waals surface area contributed by atoms with Gasteiger partial charge in [-0.1, -0.05) is 0 Å². The number of benzene rings is 1. The molecule has 2 rings (SSSR count). The van der Waals surface area contributed by atoms with Crippen LogP contribution in [0.15, 0.2) is 24.3 Å². The van der Waals surface area contributed by atoms with Crippen LogP contribution in [0.5, 0.6) is 0 Å². The van der Waals surface area contributed by atoms with Crippen molar-refractivity contribution in [3.63, 3.8) is 0 Å². The van der Waals surface area contributed by atoms with Crippen LogP contribution in [0.25, 0.3) is 0 Å². The highest BCUT2D eigenvalue weighted by molar-refractivity contribution is 5.94. The van der Waals surface area contributed by atoms with Gasteiger partial charge in [-0.15, -0.1) is 0 Å². The molecule has 1 heterocycles. The molecule has 92 valence electrons. The lowest BCUT2D eigenvalue weighted by molar-refractivity contribution is 0.0712. The van der Waals surface area contributed by atoms with Crippen LogP contribution < -0.4 is 5.32 Å². The van der Waals surface area contributed by atoms with Crippen LogP contribution in [0.2, 0.25) is 0 Å². The number of carbonyl (C=O) groups excluding carboxylic acids is 1. The monoisotopic (exact) mass is 237 g/mol. The molecule has 1 aromatic carbocycles. The zero-order valence-electron chi connectivity index (χ0n) is 9.78. The molecule has 4 heteroatoms. The molecule has 17 heavy (non-hydrogen) atoms. The molecule has 2 atom stereocenters. The number of amides is 1. The Hall–Kier alpha value is -1.42. The first-order chi connectivity index (χ1) is 8.16. The van der Waals surface area contributed by atoms with Gasteiger partial charge in [0.15, 0.2) is 0 Å². The summed E-state index contributed by atoms with van der Waals surface area (Å²) in [4.78, 5) is 11.8. The number of hydrogen-bond donors (Lipinski definition) is 1. The zero-order chi connectivity index (χ0) is 12.3. The molecule has 0 aliphatic carbocycles. The van der Waals surface area contributed by atoms with Crippen LogP contribution in [-0.4, -0.2) is 24.7 Å². The molecule has 0 aromatic heterocycles. The maximum Gasteiger partial charge on any atom is 0.251 e. The Morgan fingerprint density at radius 3 is 2.76 bits per heavy atom. The van der Waals surface area contributed by atoms with E-state index in [-0.39, 0.29) is 23.9 Å². The second-order valence-corrected chi connectivity index (χ2v) is 4.32. The van der Waals surface area contributed by atoms with Gasteiger partial charge in [0.2, 0.25) is 0 Å². The van der Waals surface area contributed by atoms with E-state index in [0.717, 1.165) is 19.4 Å². The summed E-state index contributed by atoms with van der Waals surface area (Å²) in [7, 11) is 0. The fraction of sp³-hybridized carbons (Fsp3) is 0.462. The molecule has 0 radical (unpaired) electrons. The topological polar surface area (TPSA) is 38.3 Å². The van der Waals surface area contributed by atoms with Gasteiger partial charge in [0, 0.05) is 12.2 Å². The number of rotatable bonds is 3. The fourth-order valence-electron chi connectivity index (χ4n) is 1.98. The van der Waals surface area contributed by atoms with Crippen LogP contribution in [0.3, 0.4) is 0 Å². The number of carbonyl (C=O) groups is 1. The number of nitrogens with one attached hydrogen (secondary N) is 1. The van der Waals surface area contributed by atoms with Crippen molar-refractivity contribution in [2.45, 2.75) is 31.9 Å². The molecule has 1 aromatic rings. The number of halogens is 1. The molecule has 1 N–H and O–H groups in total. The minimum absolute atomic E-state index is 0.0185. The third-order valence-electron chi connectivity index (χ3n) is 2.99. The van der Waals surface area contributed by atoms with Gasteiger partial charge in [-0.2, -0.15) is 0 Å². The molecule has 0 bridgehead atoms. The predicted molar refractivity (Wildman–Crippen MR) is 62.3 cm³/mol. The Labute approximate surface area is 100.0 Å². The number of ether oxygens (including phenoxy) is 1. The van der Waals surface area contributed by atoms with Crippen molar-refractivity contribution in [2.24, 2.45) is 0 Å². The standard InChI is InChI=1S/C13H16FNO2/c1-9(12-3-2-8-17-12)15-13(16)10-4-6-11(14)7-5-10/h4-7,9,12H,2-3,8H2,1H3,(H,15,16)/t9-,12-/m0/s1. The van der Waals surface area contributed by atoms with Gasteiger partial charge in [0.05, 0.1) is 12.1 Å². The van der Waals surface area contributed by atoms with Gasteiger partial charge in [0.1, 0.15) is 5.82 Å². The van der Waals surface area contributed by atoms with Gasteiger partial charge in [-0.3, -0.25) is 4.79 Å². The first kappa shape index (κ1) is 12.0. The predicted octanol–water partition coefficient (Wildman–Crippen LogP) is 2.12. The van der Waals surface area contributed by atoms with Crippen molar-refractivity contribution in [1.82, 2.24) is 5.32 Å². The van der Waals surface area contributed by atoms with Crippen molar-refractivity contribution < 1.29 is 13.9 Å². The molecule has 1 amide bonds. The number of hydrogen-bond acceptors (Lipinski definition) is 2. The second kappa shape index (κ2) is 5.27. The normalized spacial score (nSPS) is 21.2. The third kappa shape index (κ3) is 3.03. The van der Waals surface area contributed by atoms with E-state index in [0.29, 0.717) is 5.56 Å². The summed E-state index contributed by atoms with van der Waals surface area (Å²) in [5, 5.41) is 2.87. The third-order valence-corrected chi connectivity index (χ3v) is 2.99. The van der Waals surface area contributed by atoms with Crippen molar-refractivity contribution in [1.29, 1.82) is 0 Å². The summed E-state index contributed by atoms with van der Waals surface area (Å²) >= 11 is 0. The maximum atomic E-state index is 12.7. The highest BCUT2D eigenvalue weighted by Gasteiger charge is 2.23. The van der Waals surface area contributed by atoms with Crippen LogP contribution in [0.1, 0.15) is 30.1 Å². The van der Waals surface area contributed by atoms with Crippen molar-refractivity contribution in [3.8, 4) is 0 Å². The van der Waals surface area contributed by atoms with E-state index < -0.39 is 0 Å². The highest BCUT2D eigenvalue weighted by atomic mass is 19.1. The van der Waals surface area contributed by atoms with Gasteiger partial charge >= 0.3 is 0 Å². The largest absolute Gasteiger partial charge is 0.376 e. The molecule has 1 saturated heterocycles. The molecule has 0 saturated carbocycles. The minimum atomic E-state index is -0.339. The summed E-state index contributed by atoms with van der Waals surface area (Å²) < 4.78 is 18.2. The summed E-state index contributed by atoms with van der Waals surface area (Å²) in [6, 6.07) is 5.51. The summed E-state index contributed by atoms with van der Waals surface area (Å²) in [5.74, 6) is -0.526. The van der Waals surface area contributed by atoms with E-state index in [1.807, 2.05) is 6.92 Å². The van der Waals surface area contributed by atoms with E-state index in [1.54, 1.807) is 0 Å². The molecule has 3 nitrogen and oxygen atoms in total. The van der Waals surface area contributed by atoms with Crippen LogP contribution >= 0.6 is 0 Å². The smallest absolute Gasteiger partial charge is 0.251 e. The van der Waals surface area contributed by atoms with Gasteiger partial charge in [-0.05, 0) is 44.0 Å². The maximum absolute atomic E-state index is 12.7. The Morgan fingerprint density at radius 2 is 2.18 bits per heavy atom. The second-order valence-electron chi connectivity index (χ2n) is 4.32. The zero-order valence-corrected chi connectivity index (χ0v) is 9.78. The molecule has 1 fully saturated rings. The summed E-state index contributed by atoms with van der Waals surface area (Å²) in [6.45, 7) is 2.69. The Balaban J connectivity index is 1.94. The van der Waals surface area contributed by atoms with Crippen molar-refractivity contribution in [3.05, 3.63) is 35.6 Å². The lowest BCUT2D eigenvalue weighted by Crippen LogP contribution is -2.40. The lowest BCUT2D eigenvalue weighted by Gasteiger charge is -2.19. The minimum Gasteiger partial charge on any atom is -0.376 e. The van der Waals surface area contributed by atoms with Crippen LogP contribution in [0.4, 0.5) is 4.39 Å². The Bertz CT molecular complexity index is 385. The van der Waals surface area contributed by atoms with Gasteiger partial charge < -0.3 is 10.1 Å². The van der Waals surface area contributed by atoms with Crippen LogP contribution in [0, 0.1) is 5.82 Å². The molecule has 1 aliphatic heterocycles. The average molecular weight is 237 g/mol. The van der Waals surface area contributed by atoms with Gasteiger partial charge in [0.25, 0.3) is 5.91 Å². The SMILES string of the molecule is C[C@H](NC(=O)c1ccc(F)cc1)[C@@H]1CCCO1. The Kier molecular flexibility index (Phi) is 3.74. The first-order valence-electron chi connectivity index (χ1n) is 5.85. The average Bonchev–Trinajstić information content (AvgIpc) is 2.83. The van der Waals surface area contributed by atoms with Crippen LogP contribution in [-0.2, 0) is 4.74 Å². The summed E-state index contributed by atoms with van der Waals surface area (Å²) in [5.41, 5.74) is 0.469. The van der Waals surface area contributed by atoms with E-state index in [1.165, 1.54) is 24.3 Å². The van der Waals surface area contributed by atoms with E-state index in [4.69, 9.17) is 4.74 Å². The first-order valence-corrected chi connectivity index (χ1v) is 5.85. The van der Waals surface area contributed by atoms with E-state index >= 15 is 0 Å². The lowest BCUT2D eigenvalue weighted by atomic mass is 10.1. The molecular formula is C13H16FNO2. The fourth-order valence-corrected chi connectivity index (χ4v) is 1.98. The van der Waals surface area contributed by atoms with E-state index in [2.05, 4.69) is 5.32 Å². The van der Waals surface area contributed by atoms with Crippen molar-refractivity contribution in [2.75, 3.05) is 6.61 Å². The molecular weight excluding hydrogens is 221 g/mol.